The highest BCUT2D eigenvalue weighted by molar-refractivity contribution is 5.76. The summed E-state index contributed by atoms with van der Waals surface area (Å²) in [5.41, 5.74) is 0. The van der Waals surface area contributed by atoms with Gasteiger partial charge in [0.2, 0.25) is 11.8 Å². The first kappa shape index (κ1) is 40.5. The molecule has 0 saturated carbocycles. The van der Waals surface area contributed by atoms with E-state index in [-0.39, 0.29) is 11.8 Å². The summed E-state index contributed by atoms with van der Waals surface area (Å²) in [7, 11) is 0. The highest BCUT2D eigenvalue weighted by atomic mass is 16.4. The van der Waals surface area contributed by atoms with Crippen molar-refractivity contribution in [3.8, 4) is 0 Å². The molecule has 0 radical (unpaired) electrons. The number of carbonyl (C=O) groups is 3. The maximum Gasteiger partial charge on any atom is 0.300 e. The standard InChI is InChI=1S/C30H62N4O2.C2H4O2/c1-3-5-7-9-11-13-15-17-19-21-29(35)33-27-25-31-23-24-32-26-28-34-30(36)22-20-18-16-14-12-10-8-6-4-2;1-2(3)4/h31-32H,3-28H2,1-2H3,(H,33,35)(H,34,36);1H3,(H,3,4). The Morgan fingerprint density at radius 1 is 0.450 bits per heavy atom. The normalized spacial score (nSPS) is 10.6. The van der Waals surface area contributed by atoms with Crippen LogP contribution in [0.4, 0.5) is 0 Å². The fourth-order valence-corrected chi connectivity index (χ4v) is 4.38. The maximum atomic E-state index is 11.9. The van der Waals surface area contributed by atoms with Gasteiger partial charge in [0.1, 0.15) is 0 Å². The summed E-state index contributed by atoms with van der Waals surface area (Å²) >= 11 is 0. The van der Waals surface area contributed by atoms with E-state index in [9.17, 15) is 9.59 Å². The topological polar surface area (TPSA) is 120 Å². The summed E-state index contributed by atoms with van der Waals surface area (Å²) in [5, 5.41) is 20.1. The van der Waals surface area contributed by atoms with E-state index < -0.39 is 5.97 Å². The summed E-state index contributed by atoms with van der Waals surface area (Å²) < 4.78 is 0. The van der Waals surface area contributed by atoms with Crippen molar-refractivity contribution in [3.05, 3.63) is 0 Å². The third-order valence-corrected chi connectivity index (χ3v) is 6.74. The highest BCUT2D eigenvalue weighted by Gasteiger charge is 2.02. The number of carboxylic acids is 1. The molecule has 8 nitrogen and oxygen atoms in total. The minimum atomic E-state index is -0.833. The number of unbranched alkanes of at least 4 members (excludes halogenated alkanes) is 16. The van der Waals surface area contributed by atoms with Crippen LogP contribution in [0.25, 0.3) is 0 Å². The molecule has 0 spiro atoms. The molecule has 0 rings (SSSR count). The molecule has 0 unspecified atom stereocenters. The van der Waals surface area contributed by atoms with Crippen LogP contribution in [0.2, 0.25) is 0 Å². The van der Waals surface area contributed by atoms with Gasteiger partial charge < -0.3 is 26.4 Å². The predicted octanol–water partition coefficient (Wildman–Crippen LogP) is 6.33. The second-order valence-corrected chi connectivity index (χ2v) is 10.9. The molecule has 5 N–H and O–H groups in total. The smallest absolute Gasteiger partial charge is 0.300 e. The fraction of sp³-hybridized carbons (Fsp3) is 0.906. The molecular formula is C32H66N4O4. The van der Waals surface area contributed by atoms with E-state index in [1.807, 2.05) is 0 Å². The third kappa shape index (κ3) is 40.8. The molecule has 0 aliphatic heterocycles. The first-order valence-electron chi connectivity index (χ1n) is 16.6. The summed E-state index contributed by atoms with van der Waals surface area (Å²) in [5.74, 6) is -0.480. The SMILES string of the molecule is CC(=O)O.CCCCCCCCCCCC(=O)NCCNCCNCCNC(=O)CCCCCCCCCCC. The maximum absolute atomic E-state index is 11.9. The fourth-order valence-electron chi connectivity index (χ4n) is 4.38. The Bertz CT molecular complexity index is 515. The van der Waals surface area contributed by atoms with Gasteiger partial charge in [0.15, 0.2) is 0 Å². The van der Waals surface area contributed by atoms with Gasteiger partial charge in [-0.25, -0.2) is 0 Å². The van der Waals surface area contributed by atoms with Gasteiger partial charge in [-0.15, -0.1) is 0 Å². The predicted molar refractivity (Wildman–Crippen MR) is 169 cm³/mol. The lowest BCUT2D eigenvalue weighted by molar-refractivity contribution is -0.134. The van der Waals surface area contributed by atoms with Crippen LogP contribution < -0.4 is 21.3 Å². The average molecular weight is 571 g/mol. The Morgan fingerprint density at radius 3 is 1.00 bits per heavy atom. The first-order valence-corrected chi connectivity index (χ1v) is 16.6. The van der Waals surface area contributed by atoms with Gasteiger partial charge in [-0.3, -0.25) is 14.4 Å². The third-order valence-electron chi connectivity index (χ3n) is 6.74. The van der Waals surface area contributed by atoms with Gasteiger partial charge >= 0.3 is 0 Å². The Kier molecular flexibility index (Phi) is 35.8. The summed E-state index contributed by atoms with van der Waals surface area (Å²) in [4.78, 5) is 32.8. The average Bonchev–Trinajstić information content (AvgIpc) is 2.92. The van der Waals surface area contributed by atoms with Crippen molar-refractivity contribution in [2.75, 3.05) is 39.3 Å². The van der Waals surface area contributed by atoms with E-state index in [1.54, 1.807) is 0 Å². The first-order chi connectivity index (χ1) is 19.4. The zero-order chi connectivity index (χ0) is 29.9. The zero-order valence-corrected chi connectivity index (χ0v) is 26.6. The minimum Gasteiger partial charge on any atom is -0.481 e. The molecule has 0 aliphatic rings. The molecule has 40 heavy (non-hydrogen) atoms. The second-order valence-electron chi connectivity index (χ2n) is 10.9. The molecule has 0 saturated heterocycles. The molecular weight excluding hydrogens is 504 g/mol. The van der Waals surface area contributed by atoms with Crippen molar-refractivity contribution < 1.29 is 19.5 Å². The Hall–Kier alpha value is -1.67. The van der Waals surface area contributed by atoms with Crippen molar-refractivity contribution >= 4 is 17.8 Å². The molecule has 0 atom stereocenters. The summed E-state index contributed by atoms with van der Waals surface area (Å²) in [6, 6.07) is 0. The van der Waals surface area contributed by atoms with Gasteiger partial charge in [-0.2, -0.15) is 0 Å². The van der Waals surface area contributed by atoms with Gasteiger partial charge in [-0.1, -0.05) is 117 Å². The molecule has 0 bridgehead atoms. The van der Waals surface area contributed by atoms with Crippen LogP contribution >= 0.6 is 0 Å². The molecule has 0 aromatic heterocycles. The van der Waals surface area contributed by atoms with Crippen molar-refractivity contribution in [1.82, 2.24) is 21.3 Å². The number of carbonyl (C=O) groups excluding carboxylic acids is 2. The number of nitrogens with one attached hydrogen (secondary N) is 4. The molecule has 8 heteroatoms. The van der Waals surface area contributed by atoms with Crippen LogP contribution in [0.1, 0.15) is 149 Å². The van der Waals surface area contributed by atoms with Gasteiger partial charge in [0.25, 0.3) is 5.97 Å². The monoisotopic (exact) mass is 571 g/mol. The minimum absolute atomic E-state index is 0.177. The van der Waals surface area contributed by atoms with E-state index in [0.29, 0.717) is 25.9 Å². The van der Waals surface area contributed by atoms with Crippen LogP contribution in [0.15, 0.2) is 0 Å². The zero-order valence-electron chi connectivity index (χ0n) is 26.6. The molecule has 0 aromatic carbocycles. The van der Waals surface area contributed by atoms with E-state index in [1.165, 1.54) is 103 Å². The lowest BCUT2D eigenvalue weighted by Crippen LogP contribution is -2.37. The van der Waals surface area contributed by atoms with Crippen LogP contribution in [0, 0.1) is 0 Å². The number of hydrogen-bond donors (Lipinski definition) is 5. The molecule has 0 heterocycles. The van der Waals surface area contributed by atoms with Crippen molar-refractivity contribution in [2.45, 2.75) is 149 Å². The van der Waals surface area contributed by atoms with E-state index in [0.717, 1.165) is 45.9 Å². The highest BCUT2D eigenvalue weighted by Crippen LogP contribution is 2.11. The Morgan fingerprint density at radius 2 is 0.700 bits per heavy atom. The van der Waals surface area contributed by atoms with E-state index in [2.05, 4.69) is 35.1 Å². The van der Waals surface area contributed by atoms with Crippen LogP contribution in [0.5, 0.6) is 0 Å². The van der Waals surface area contributed by atoms with Crippen molar-refractivity contribution in [3.63, 3.8) is 0 Å². The lowest BCUT2D eigenvalue weighted by Gasteiger charge is -2.09. The number of amides is 2. The van der Waals surface area contributed by atoms with Crippen LogP contribution in [0.3, 0.4) is 0 Å². The summed E-state index contributed by atoms with van der Waals surface area (Å²) in [6.07, 6.45) is 24.3. The number of carboxylic acid groups (broad SMARTS) is 1. The molecule has 0 fully saturated rings. The molecule has 0 aliphatic carbocycles. The number of aliphatic carboxylic acids is 1. The van der Waals surface area contributed by atoms with E-state index >= 15 is 0 Å². The molecule has 2 amide bonds. The van der Waals surface area contributed by atoms with Crippen LogP contribution in [-0.2, 0) is 14.4 Å². The largest absolute Gasteiger partial charge is 0.481 e. The van der Waals surface area contributed by atoms with Crippen molar-refractivity contribution in [2.24, 2.45) is 0 Å². The summed E-state index contributed by atoms with van der Waals surface area (Å²) in [6.45, 7) is 10.3. The molecule has 238 valence electrons. The van der Waals surface area contributed by atoms with Gasteiger partial charge in [-0.05, 0) is 12.8 Å². The lowest BCUT2D eigenvalue weighted by atomic mass is 10.1. The quantitative estimate of drug-likeness (QED) is 0.0671. The van der Waals surface area contributed by atoms with Crippen molar-refractivity contribution in [1.29, 1.82) is 0 Å². The number of hydrogen-bond acceptors (Lipinski definition) is 5. The Balaban J connectivity index is 0. The number of rotatable bonds is 29. The van der Waals surface area contributed by atoms with Crippen LogP contribution in [-0.4, -0.2) is 62.2 Å². The van der Waals surface area contributed by atoms with E-state index in [4.69, 9.17) is 9.90 Å². The Labute approximate surface area is 247 Å². The van der Waals surface area contributed by atoms with Gasteiger partial charge in [0.05, 0.1) is 0 Å². The molecule has 0 aromatic rings. The van der Waals surface area contributed by atoms with Gasteiger partial charge in [0, 0.05) is 59.0 Å². The second kappa shape index (κ2) is 35.4.